The maximum atomic E-state index is 13.8. The smallest absolute Gasteiger partial charge is 0.191 e. The van der Waals surface area contributed by atoms with E-state index >= 15 is 0 Å². The molecule has 1 aliphatic heterocycles. The molecule has 3 rings (SSSR count). The predicted octanol–water partition coefficient (Wildman–Crippen LogP) is 3.24. The van der Waals surface area contributed by atoms with E-state index in [1.165, 1.54) is 6.07 Å². The second-order valence-electron chi connectivity index (χ2n) is 7.08. The van der Waals surface area contributed by atoms with Crippen LogP contribution in [0.5, 0.6) is 0 Å². The van der Waals surface area contributed by atoms with Crippen molar-refractivity contribution in [2.45, 2.75) is 26.9 Å². The van der Waals surface area contributed by atoms with Crippen LogP contribution in [0.2, 0.25) is 0 Å². The zero-order valence-corrected chi connectivity index (χ0v) is 20.1. The first-order valence-corrected chi connectivity index (χ1v) is 10.4. The summed E-state index contributed by atoms with van der Waals surface area (Å²) < 4.78 is 13.8. The number of rotatable bonds is 7. The Morgan fingerprint density at radius 1 is 1.10 bits per heavy atom. The number of nitrogens with one attached hydrogen (secondary N) is 2. The Morgan fingerprint density at radius 2 is 1.87 bits per heavy atom. The number of anilines is 1. The molecule has 0 aliphatic carbocycles. The van der Waals surface area contributed by atoms with E-state index in [-0.39, 0.29) is 29.8 Å². The highest BCUT2D eigenvalue weighted by Gasteiger charge is 2.16. The predicted molar refractivity (Wildman–Crippen MR) is 132 cm³/mol. The average Bonchev–Trinajstić information content (AvgIpc) is 2.77. The maximum Gasteiger partial charge on any atom is 0.191 e. The molecule has 0 radical (unpaired) electrons. The minimum absolute atomic E-state index is 0. The van der Waals surface area contributed by atoms with Crippen molar-refractivity contribution >= 4 is 35.8 Å². The van der Waals surface area contributed by atoms with Crippen molar-refractivity contribution in [2.75, 3.05) is 44.2 Å². The summed E-state index contributed by atoms with van der Waals surface area (Å²) in [4.78, 5) is 14.0. The summed E-state index contributed by atoms with van der Waals surface area (Å²) in [5, 5.41) is 6.42. The molecule has 2 N–H and O–H groups in total. The molecular formula is C22H32FIN6. The quantitative estimate of drug-likeness (QED) is 0.330. The molecule has 0 atom stereocenters. The first-order valence-electron chi connectivity index (χ1n) is 10.4. The summed E-state index contributed by atoms with van der Waals surface area (Å²) in [6.45, 7) is 11.1. The topological polar surface area (TPSA) is 55.8 Å². The van der Waals surface area contributed by atoms with Crippen LogP contribution in [0.1, 0.15) is 25.0 Å². The van der Waals surface area contributed by atoms with Gasteiger partial charge >= 0.3 is 0 Å². The van der Waals surface area contributed by atoms with Gasteiger partial charge in [-0.25, -0.2) is 14.4 Å². The molecule has 164 valence electrons. The van der Waals surface area contributed by atoms with Crippen LogP contribution in [-0.4, -0.2) is 55.1 Å². The molecule has 6 nitrogen and oxygen atoms in total. The summed E-state index contributed by atoms with van der Waals surface area (Å²) in [6.07, 6.45) is 1.85. The monoisotopic (exact) mass is 526 g/mol. The second kappa shape index (κ2) is 12.7. The highest BCUT2D eigenvalue weighted by atomic mass is 127. The van der Waals surface area contributed by atoms with Crippen LogP contribution in [0.3, 0.4) is 0 Å². The van der Waals surface area contributed by atoms with Gasteiger partial charge in [0.1, 0.15) is 11.6 Å². The van der Waals surface area contributed by atoms with Crippen LogP contribution >= 0.6 is 24.0 Å². The van der Waals surface area contributed by atoms with Crippen molar-refractivity contribution in [1.82, 2.24) is 20.5 Å². The Balaban J connectivity index is 0.00000320. The van der Waals surface area contributed by atoms with Crippen molar-refractivity contribution < 1.29 is 4.39 Å². The third-order valence-corrected chi connectivity index (χ3v) is 5.12. The van der Waals surface area contributed by atoms with Crippen molar-refractivity contribution in [2.24, 2.45) is 4.99 Å². The Labute approximate surface area is 196 Å². The fourth-order valence-corrected chi connectivity index (χ4v) is 3.36. The molecular weight excluding hydrogens is 494 g/mol. The second-order valence-corrected chi connectivity index (χ2v) is 7.08. The van der Waals surface area contributed by atoms with Crippen molar-refractivity contribution in [3.05, 3.63) is 59.5 Å². The lowest BCUT2D eigenvalue weighted by Crippen LogP contribution is -2.46. The normalized spacial score (nSPS) is 14.9. The van der Waals surface area contributed by atoms with Crippen molar-refractivity contribution in [1.29, 1.82) is 0 Å². The van der Waals surface area contributed by atoms with E-state index in [4.69, 9.17) is 0 Å². The van der Waals surface area contributed by atoms with Gasteiger partial charge in [-0.2, -0.15) is 0 Å². The number of pyridine rings is 1. The SMILES string of the molecule is CCNC(=NCc1ccnc(N2CCN(CC)CC2)c1)NCc1ccccc1F.I. The van der Waals surface area contributed by atoms with E-state index in [1.807, 2.05) is 25.3 Å². The summed E-state index contributed by atoms with van der Waals surface area (Å²) in [5.74, 6) is 1.47. The molecule has 2 heterocycles. The number of benzene rings is 1. The van der Waals surface area contributed by atoms with E-state index in [1.54, 1.807) is 12.1 Å². The van der Waals surface area contributed by atoms with Gasteiger partial charge in [0.05, 0.1) is 6.54 Å². The molecule has 1 fully saturated rings. The van der Waals surface area contributed by atoms with Crippen LogP contribution in [0.25, 0.3) is 0 Å². The first kappa shape index (κ1) is 24.3. The third-order valence-electron chi connectivity index (χ3n) is 5.12. The number of hydrogen-bond acceptors (Lipinski definition) is 4. The first-order chi connectivity index (χ1) is 14.2. The van der Waals surface area contributed by atoms with Crippen LogP contribution in [-0.2, 0) is 13.1 Å². The standard InChI is InChI=1S/C22H31FN6.HI/c1-3-24-22(27-17-19-7-5-6-8-20(19)23)26-16-18-9-10-25-21(15-18)29-13-11-28(4-2)12-14-29;/h5-10,15H,3-4,11-14,16-17H2,1-2H3,(H2,24,26,27);1H. The molecule has 1 saturated heterocycles. The van der Waals surface area contributed by atoms with Crippen LogP contribution < -0.4 is 15.5 Å². The van der Waals surface area contributed by atoms with Gasteiger partial charge in [-0.3, -0.25) is 0 Å². The zero-order valence-electron chi connectivity index (χ0n) is 17.8. The fraction of sp³-hybridized carbons (Fsp3) is 0.455. The Hall–Kier alpha value is -1.94. The molecule has 0 amide bonds. The lowest BCUT2D eigenvalue weighted by molar-refractivity contribution is 0.270. The number of guanidine groups is 1. The zero-order chi connectivity index (χ0) is 20.5. The highest BCUT2D eigenvalue weighted by molar-refractivity contribution is 14.0. The lowest BCUT2D eigenvalue weighted by atomic mass is 10.2. The minimum atomic E-state index is -0.210. The number of aliphatic imine (C=N–C) groups is 1. The van der Waals surface area contributed by atoms with Gasteiger partial charge in [0.25, 0.3) is 0 Å². The number of halogens is 2. The molecule has 1 aromatic heterocycles. The van der Waals surface area contributed by atoms with E-state index in [0.29, 0.717) is 24.6 Å². The highest BCUT2D eigenvalue weighted by Crippen LogP contribution is 2.15. The largest absolute Gasteiger partial charge is 0.357 e. The third kappa shape index (κ3) is 7.09. The molecule has 0 spiro atoms. The summed E-state index contributed by atoms with van der Waals surface area (Å²) in [6, 6.07) is 10.9. The van der Waals surface area contributed by atoms with E-state index in [2.05, 4.69) is 43.4 Å². The molecule has 0 bridgehead atoms. The number of aromatic nitrogens is 1. The molecule has 2 aromatic rings. The van der Waals surface area contributed by atoms with Crippen LogP contribution in [0.4, 0.5) is 10.2 Å². The Kier molecular flexibility index (Phi) is 10.3. The summed E-state index contributed by atoms with van der Waals surface area (Å²) in [7, 11) is 0. The van der Waals surface area contributed by atoms with E-state index in [9.17, 15) is 4.39 Å². The number of nitrogens with zero attached hydrogens (tertiary/aromatic N) is 4. The molecule has 8 heteroatoms. The molecule has 1 aliphatic rings. The molecule has 0 saturated carbocycles. The number of hydrogen-bond donors (Lipinski definition) is 2. The molecule has 30 heavy (non-hydrogen) atoms. The number of piperazine rings is 1. The van der Waals surface area contributed by atoms with E-state index in [0.717, 1.165) is 50.6 Å². The average molecular weight is 526 g/mol. The minimum Gasteiger partial charge on any atom is -0.357 e. The van der Waals surface area contributed by atoms with Crippen LogP contribution in [0, 0.1) is 5.82 Å². The van der Waals surface area contributed by atoms with Gasteiger partial charge in [0.15, 0.2) is 5.96 Å². The van der Waals surface area contributed by atoms with Gasteiger partial charge in [-0.1, -0.05) is 25.1 Å². The maximum absolute atomic E-state index is 13.8. The fourth-order valence-electron chi connectivity index (χ4n) is 3.36. The summed E-state index contributed by atoms with van der Waals surface area (Å²) >= 11 is 0. The Bertz CT molecular complexity index is 808. The van der Waals surface area contributed by atoms with Crippen LogP contribution in [0.15, 0.2) is 47.6 Å². The molecule has 0 unspecified atom stereocenters. The van der Waals surface area contributed by atoms with Gasteiger partial charge in [0, 0.05) is 51.0 Å². The van der Waals surface area contributed by atoms with Gasteiger partial charge in [-0.05, 0) is 37.2 Å². The van der Waals surface area contributed by atoms with E-state index < -0.39 is 0 Å². The van der Waals surface area contributed by atoms with Gasteiger partial charge in [-0.15, -0.1) is 24.0 Å². The van der Waals surface area contributed by atoms with Gasteiger partial charge in [0.2, 0.25) is 0 Å². The van der Waals surface area contributed by atoms with Gasteiger partial charge < -0.3 is 20.4 Å². The summed E-state index contributed by atoms with van der Waals surface area (Å²) in [5.41, 5.74) is 1.73. The Morgan fingerprint density at radius 3 is 2.57 bits per heavy atom. The van der Waals surface area contributed by atoms with Crippen molar-refractivity contribution in [3.8, 4) is 0 Å². The van der Waals surface area contributed by atoms with Crippen molar-refractivity contribution in [3.63, 3.8) is 0 Å². The number of likely N-dealkylation sites (N-methyl/N-ethyl adjacent to an activating group) is 1. The lowest BCUT2D eigenvalue weighted by Gasteiger charge is -2.34. The molecule has 1 aromatic carbocycles.